The topological polar surface area (TPSA) is 85.2 Å². The lowest BCUT2D eigenvalue weighted by molar-refractivity contribution is 0.127. The Balaban J connectivity index is 1.51. The maximum atomic E-state index is 11.9. The second-order valence-electron chi connectivity index (χ2n) is 6.45. The molecular weight excluding hydrogens is 364 g/mol. The van der Waals surface area contributed by atoms with Crippen LogP contribution in [0.1, 0.15) is 29.0 Å². The normalized spacial score (nSPS) is 13.0. The molecule has 1 fully saturated rings. The lowest BCUT2D eigenvalue weighted by Crippen LogP contribution is -2.31. The number of pyridine rings is 1. The molecule has 2 amide bonds. The molecule has 0 bridgehead atoms. The number of urea groups is 1. The summed E-state index contributed by atoms with van der Waals surface area (Å²) in [6, 6.07) is 2.95. The van der Waals surface area contributed by atoms with Crippen LogP contribution < -0.4 is 16.2 Å². The van der Waals surface area contributed by atoms with Crippen LogP contribution in [0.5, 0.6) is 0 Å². The molecule has 8 heteroatoms. The van der Waals surface area contributed by atoms with Crippen molar-refractivity contribution in [1.82, 2.24) is 14.9 Å². The fourth-order valence-corrected chi connectivity index (χ4v) is 3.05. The average Bonchev–Trinajstić information content (AvgIpc) is 3.39. The smallest absolute Gasteiger partial charge is 0.321 e. The number of amides is 2. The highest BCUT2D eigenvalue weighted by atomic mass is 32.1. The maximum absolute atomic E-state index is 11.9. The van der Waals surface area contributed by atoms with Crippen LogP contribution in [0.25, 0.3) is 0 Å². The molecule has 1 saturated carbocycles. The van der Waals surface area contributed by atoms with Crippen molar-refractivity contribution >= 4 is 22.5 Å². The number of ether oxygens (including phenoxy) is 1. The van der Waals surface area contributed by atoms with Crippen LogP contribution in [0.2, 0.25) is 0 Å². The molecule has 0 unspecified atom stereocenters. The summed E-state index contributed by atoms with van der Waals surface area (Å²) in [5.41, 5.74) is 1.27. The molecule has 7 nitrogen and oxygen atoms in total. The third-order valence-electron chi connectivity index (χ3n) is 4.02. The quantitative estimate of drug-likeness (QED) is 0.588. The molecule has 2 aromatic rings. The maximum Gasteiger partial charge on any atom is 0.321 e. The van der Waals surface area contributed by atoms with Crippen LogP contribution in [0.15, 0.2) is 23.1 Å². The highest BCUT2D eigenvalue weighted by Crippen LogP contribution is 2.28. The number of hydrogen-bond donors (Lipinski definition) is 2. The minimum atomic E-state index is -0.315. The summed E-state index contributed by atoms with van der Waals surface area (Å²) in [5.74, 6) is 6.69. The van der Waals surface area contributed by atoms with Gasteiger partial charge in [-0.25, -0.2) is 9.78 Å². The monoisotopic (exact) mass is 386 g/mol. The molecule has 142 valence electrons. The molecule has 0 saturated heterocycles. The molecule has 0 atom stereocenters. The Morgan fingerprint density at radius 1 is 1.44 bits per heavy atom. The average molecular weight is 386 g/mol. The van der Waals surface area contributed by atoms with Gasteiger partial charge < -0.3 is 14.6 Å². The second kappa shape index (κ2) is 8.84. The van der Waals surface area contributed by atoms with E-state index in [0.717, 1.165) is 23.1 Å². The summed E-state index contributed by atoms with van der Waals surface area (Å²) >= 11 is 1.30. The molecule has 3 rings (SSSR count). The van der Waals surface area contributed by atoms with E-state index in [4.69, 9.17) is 4.74 Å². The van der Waals surface area contributed by atoms with Crippen LogP contribution in [0, 0.1) is 24.7 Å². The van der Waals surface area contributed by atoms with E-state index in [1.165, 1.54) is 34.8 Å². The molecule has 0 aromatic carbocycles. The Hall–Kier alpha value is -2.63. The molecule has 0 aliphatic heterocycles. The van der Waals surface area contributed by atoms with Gasteiger partial charge in [0.15, 0.2) is 5.13 Å². The van der Waals surface area contributed by atoms with Crippen molar-refractivity contribution in [1.29, 1.82) is 0 Å². The van der Waals surface area contributed by atoms with Gasteiger partial charge in [0.2, 0.25) is 0 Å². The fraction of sp³-hybridized carbons (Fsp3) is 0.421. The number of nitrogens with one attached hydrogen (secondary N) is 2. The van der Waals surface area contributed by atoms with E-state index in [9.17, 15) is 9.59 Å². The van der Waals surface area contributed by atoms with Gasteiger partial charge in [0.1, 0.15) is 4.88 Å². The van der Waals surface area contributed by atoms with Crippen molar-refractivity contribution in [3.63, 3.8) is 0 Å². The predicted molar refractivity (Wildman–Crippen MR) is 105 cm³/mol. The lowest BCUT2D eigenvalue weighted by Gasteiger charge is -2.05. The number of hydrogen-bond acceptors (Lipinski definition) is 5. The first kappa shape index (κ1) is 19.1. The third-order valence-corrected chi connectivity index (χ3v) is 5.01. The molecule has 1 aliphatic carbocycles. The Bertz CT molecular complexity index is 934. The van der Waals surface area contributed by atoms with Crippen molar-refractivity contribution in [3.8, 4) is 11.8 Å². The summed E-state index contributed by atoms with van der Waals surface area (Å²) in [6.45, 7) is 3.58. The number of nitrogens with zero attached hydrogens (tertiary/aromatic N) is 2. The molecule has 27 heavy (non-hydrogen) atoms. The van der Waals surface area contributed by atoms with E-state index in [2.05, 4.69) is 27.5 Å². The van der Waals surface area contributed by atoms with Crippen molar-refractivity contribution in [2.24, 2.45) is 13.0 Å². The number of aromatic nitrogens is 2. The van der Waals surface area contributed by atoms with Crippen LogP contribution >= 0.6 is 11.3 Å². The van der Waals surface area contributed by atoms with Gasteiger partial charge >= 0.3 is 6.03 Å². The summed E-state index contributed by atoms with van der Waals surface area (Å²) in [4.78, 5) is 28.6. The molecule has 1 aliphatic rings. The van der Waals surface area contributed by atoms with Crippen LogP contribution in [-0.2, 0) is 11.8 Å². The summed E-state index contributed by atoms with van der Waals surface area (Å²) in [5, 5.41) is 5.94. The van der Waals surface area contributed by atoms with Crippen molar-refractivity contribution in [2.45, 2.75) is 19.8 Å². The molecule has 2 heterocycles. The molecule has 2 N–H and O–H groups in total. The molecule has 0 spiro atoms. The fourth-order valence-electron chi connectivity index (χ4n) is 2.23. The first-order chi connectivity index (χ1) is 13.0. The number of rotatable bonds is 6. The zero-order chi connectivity index (χ0) is 19.2. The minimum absolute atomic E-state index is 0.108. The number of thiazole rings is 1. The van der Waals surface area contributed by atoms with Gasteiger partial charge in [0, 0.05) is 38.0 Å². The highest BCUT2D eigenvalue weighted by Gasteiger charge is 2.20. The highest BCUT2D eigenvalue weighted by molar-refractivity contribution is 7.16. The number of anilines is 1. The Kier molecular flexibility index (Phi) is 6.27. The Labute approximate surface area is 161 Å². The van der Waals surface area contributed by atoms with E-state index >= 15 is 0 Å². The predicted octanol–water partition coefficient (Wildman–Crippen LogP) is 2.10. The summed E-state index contributed by atoms with van der Waals surface area (Å²) in [7, 11) is 1.69. The summed E-state index contributed by atoms with van der Waals surface area (Å²) < 4.78 is 6.96. The van der Waals surface area contributed by atoms with Gasteiger partial charge in [-0.2, -0.15) is 0 Å². The number of aryl methyl sites for hydroxylation is 2. The van der Waals surface area contributed by atoms with Gasteiger partial charge in [0.25, 0.3) is 5.56 Å². The van der Waals surface area contributed by atoms with Crippen LogP contribution in [-0.4, -0.2) is 35.3 Å². The minimum Gasteiger partial charge on any atom is -0.379 e. The van der Waals surface area contributed by atoms with Crippen molar-refractivity contribution in [3.05, 3.63) is 44.8 Å². The largest absolute Gasteiger partial charge is 0.379 e. The van der Waals surface area contributed by atoms with Gasteiger partial charge in [-0.15, -0.1) is 0 Å². The molecule has 0 radical (unpaired) electrons. The second-order valence-corrected chi connectivity index (χ2v) is 7.45. The van der Waals surface area contributed by atoms with E-state index in [0.29, 0.717) is 23.8 Å². The Morgan fingerprint density at radius 3 is 3.00 bits per heavy atom. The van der Waals surface area contributed by atoms with E-state index in [1.54, 1.807) is 19.3 Å². The van der Waals surface area contributed by atoms with Gasteiger partial charge in [-0.1, -0.05) is 17.3 Å². The molecular formula is C19H22N4O3S. The first-order valence-corrected chi connectivity index (χ1v) is 9.61. The first-order valence-electron chi connectivity index (χ1n) is 8.80. The van der Waals surface area contributed by atoms with Gasteiger partial charge in [-0.05, 0) is 37.7 Å². The van der Waals surface area contributed by atoms with E-state index in [1.807, 2.05) is 6.92 Å². The molecule has 2 aromatic heterocycles. The third kappa shape index (κ3) is 5.94. The zero-order valence-electron chi connectivity index (χ0n) is 15.4. The Morgan fingerprint density at radius 2 is 2.26 bits per heavy atom. The number of carbonyl (C=O) groups excluding carboxylic acids is 1. The van der Waals surface area contributed by atoms with Crippen LogP contribution in [0.4, 0.5) is 9.93 Å². The van der Waals surface area contributed by atoms with E-state index in [-0.39, 0.29) is 11.6 Å². The SMILES string of the molecule is Cc1nc(NC(=O)NCCOCC2CC2)sc1C#Cc1ccn(C)c(=O)c1. The van der Waals surface area contributed by atoms with E-state index < -0.39 is 0 Å². The zero-order valence-corrected chi connectivity index (χ0v) is 16.2. The van der Waals surface area contributed by atoms with Gasteiger partial charge in [0.05, 0.1) is 12.3 Å². The number of carbonyl (C=O) groups is 1. The van der Waals surface area contributed by atoms with Gasteiger partial charge in [-0.3, -0.25) is 10.1 Å². The summed E-state index contributed by atoms with van der Waals surface area (Å²) in [6.07, 6.45) is 4.19. The van der Waals surface area contributed by atoms with Crippen LogP contribution in [0.3, 0.4) is 0 Å². The standard InChI is InChI=1S/C19H22N4O3S/c1-13-16(6-5-14-7-9-23(2)17(24)11-14)27-19(21-13)22-18(25)20-8-10-26-12-15-3-4-15/h7,9,11,15H,3-4,8,10,12H2,1-2H3,(H2,20,21,22,25). The van der Waals surface area contributed by atoms with Crippen molar-refractivity contribution < 1.29 is 9.53 Å². The van der Waals surface area contributed by atoms with Crippen molar-refractivity contribution in [2.75, 3.05) is 25.1 Å². The lowest BCUT2D eigenvalue weighted by atomic mass is 10.2.